The van der Waals surface area contributed by atoms with Gasteiger partial charge < -0.3 is 9.90 Å². The van der Waals surface area contributed by atoms with E-state index in [1.54, 1.807) is 0 Å². The van der Waals surface area contributed by atoms with Gasteiger partial charge in [0.05, 0.1) is 0 Å². The zero-order valence-electron chi connectivity index (χ0n) is 21.7. The average Bonchev–Trinajstić information content (AvgIpc) is 2.80. The van der Waals surface area contributed by atoms with Crippen molar-refractivity contribution in [1.29, 1.82) is 0 Å². The van der Waals surface area contributed by atoms with E-state index >= 15 is 0 Å². The van der Waals surface area contributed by atoms with Crippen molar-refractivity contribution < 1.29 is 14.7 Å². The van der Waals surface area contributed by atoms with Crippen molar-refractivity contribution >= 4 is 12.3 Å². The summed E-state index contributed by atoms with van der Waals surface area (Å²) in [6, 6.07) is 0. The number of carbonyl (C=O) groups excluding carboxylic acids is 1. The van der Waals surface area contributed by atoms with Gasteiger partial charge in [0.15, 0.2) is 0 Å². The Hall–Kier alpha value is -1.38. The normalized spacial score (nSPS) is 22.7. The van der Waals surface area contributed by atoms with E-state index in [1.807, 2.05) is 0 Å². The minimum atomic E-state index is -0.668. The molecule has 0 aromatic carbocycles. The predicted molar refractivity (Wildman–Crippen MR) is 140 cm³/mol. The van der Waals surface area contributed by atoms with Crippen LogP contribution in [-0.4, -0.2) is 17.4 Å². The molecule has 0 saturated carbocycles. The van der Waals surface area contributed by atoms with Gasteiger partial charge in [-0.2, -0.15) is 0 Å². The molecule has 1 aliphatic carbocycles. The van der Waals surface area contributed by atoms with Crippen LogP contribution in [0.4, 0.5) is 0 Å². The molecular formula is C30H52O3. The molecule has 0 aliphatic heterocycles. The summed E-state index contributed by atoms with van der Waals surface area (Å²) < 4.78 is 0. The van der Waals surface area contributed by atoms with Crippen LogP contribution in [0.25, 0.3) is 0 Å². The van der Waals surface area contributed by atoms with Crippen LogP contribution in [0.3, 0.4) is 0 Å². The van der Waals surface area contributed by atoms with Crippen molar-refractivity contribution in [3.8, 4) is 0 Å². The molecule has 4 unspecified atom stereocenters. The number of aldehydes is 1. The Labute approximate surface area is 204 Å². The van der Waals surface area contributed by atoms with Crippen molar-refractivity contribution in [3.63, 3.8) is 0 Å². The van der Waals surface area contributed by atoms with Crippen molar-refractivity contribution in [2.75, 3.05) is 0 Å². The minimum Gasteiger partial charge on any atom is -0.481 e. The number of unbranched alkanes of at least 4 members (excludes halogenated alkanes) is 9. The molecule has 0 saturated heterocycles. The van der Waals surface area contributed by atoms with E-state index in [2.05, 4.69) is 38.2 Å². The fourth-order valence-electron chi connectivity index (χ4n) is 5.68. The highest BCUT2D eigenvalue weighted by Crippen LogP contribution is 2.43. The zero-order valence-corrected chi connectivity index (χ0v) is 21.7. The van der Waals surface area contributed by atoms with Crippen LogP contribution < -0.4 is 0 Å². The summed E-state index contributed by atoms with van der Waals surface area (Å²) in [4.78, 5) is 21.2. The maximum Gasteiger partial charge on any atom is 0.303 e. The van der Waals surface area contributed by atoms with Gasteiger partial charge in [0.2, 0.25) is 0 Å². The highest BCUT2D eigenvalue weighted by molar-refractivity contribution is 5.66. The molecule has 0 radical (unpaired) electrons. The standard InChI is InChI=1S/C30H52O3/c1-3-5-13-20-29-27(19-14-9-8-11-16-22-30(32)33)24-23-26(18-4-2)28(29)21-15-10-6-7-12-17-25-31/h5,13,23-29H,3-4,6-12,14-22H2,1-2H3,(H,32,33)/b13-5+. The lowest BCUT2D eigenvalue weighted by molar-refractivity contribution is -0.137. The first-order valence-corrected chi connectivity index (χ1v) is 14.1. The minimum absolute atomic E-state index is 0.314. The van der Waals surface area contributed by atoms with E-state index in [1.165, 1.54) is 70.6 Å². The number of allylic oxidation sites excluding steroid dienone is 4. The number of aliphatic carboxylic acids is 1. The summed E-state index contributed by atoms with van der Waals surface area (Å²) in [5, 5.41) is 8.79. The molecule has 1 N–H and O–H groups in total. The van der Waals surface area contributed by atoms with E-state index in [9.17, 15) is 9.59 Å². The highest BCUT2D eigenvalue weighted by Gasteiger charge is 2.34. The van der Waals surface area contributed by atoms with Crippen molar-refractivity contribution in [2.24, 2.45) is 23.7 Å². The highest BCUT2D eigenvalue weighted by atomic mass is 16.4. The van der Waals surface area contributed by atoms with Crippen molar-refractivity contribution in [2.45, 2.75) is 129 Å². The summed E-state index contributed by atoms with van der Waals surface area (Å²) in [7, 11) is 0. The first-order chi connectivity index (χ1) is 16.1. The van der Waals surface area contributed by atoms with E-state index in [-0.39, 0.29) is 0 Å². The maximum absolute atomic E-state index is 10.7. The first-order valence-electron chi connectivity index (χ1n) is 14.1. The smallest absolute Gasteiger partial charge is 0.303 e. The van der Waals surface area contributed by atoms with Gasteiger partial charge in [-0.05, 0) is 68.6 Å². The monoisotopic (exact) mass is 460 g/mol. The Kier molecular flexibility index (Phi) is 18.0. The number of rotatable bonds is 21. The topological polar surface area (TPSA) is 54.4 Å². The molecule has 1 aliphatic rings. The molecule has 0 aromatic rings. The van der Waals surface area contributed by atoms with Gasteiger partial charge in [-0.25, -0.2) is 0 Å². The lowest BCUT2D eigenvalue weighted by Crippen LogP contribution is -2.31. The van der Waals surface area contributed by atoms with Gasteiger partial charge in [0.25, 0.3) is 0 Å². The van der Waals surface area contributed by atoms with Gasteiger partial charge in [0.1, 0.15) is 6.29 Å². The van der Waals surface area contributed by atoms with Gasteiger partial charge >= 0.3 is 5.97 Å². The Morgan fingerprint density at radius 1 is 0.758 bits per heavy atom. The third kappa shape index (κ3) is 13.8. The van der Waals surface area contributed by atoms with Gasteiger partial charge in [-0.1, -0.05) is 95.9 Å². The van der Waals surface area contributed by atoms with Crippen molar-refractivity contribution in [1.82, 2.24) is 0 Å². The number of carboxylic acids is 1. The van der Waals surface area contributed by atoms with E-state index in [0.29, 0.717) is 12.3 Å². The lowest BCUT2D eigenvalue weighted by Gasteiger charge is -2.40. The third-order valence-electron chi connectivity index (χ3n) is 7.48. The predicted octanol–water partition coefficient (Wildman–Crippen LogP) is 8.92. The Morgan fingerprint density at radius 3 is 2.00 bits per heavy atom. The number of hydrogen-bond acceptors (Lipinski definition) is 2. The first kappa shape index (κ1) is 29.7. The molecule has 190 valence electrons. The summed E-state index contributed by atoms with van der Waals surface area (Å²) in [5.74, 6) is 2.32. The number of carbonyl (C=O) groups is 2. The van der Waals surface area contributed by atoms with Crippen LogP contribution >= 0.6 is 0 Å². The van der Waals surface area contributed by atoms with Crippen LogP contribution in [0.5, 0.6) is 0 Å². The molecule has 0 heterocycles. The summed E-state index contributed by atoms with van der Waals surface area (Å²) in [6.45, 7) is 4.54. The van der Waals surface area contributed by atoms with E-state index in [4.69, 9.17) is 5.11 Å². The van der Waals surface area contributed by atoms with Crippen LogP contribution in [0.15, 0.2) is 24.3 Å². The number of hydrogen-bond donors (Lipinski definition) is 1. The van der Waals surface area contributed by atoms with Crippen LogP contribution in [0, 0.1) is 23.7 Å². The second kappa shape index (κ2) is 20.0. The van der Waals surface area contributed by atoms with E-state index in [0.717, 1.165) is 62.6 Å². The van der Waals surface area contributed by atoms with Crippen LogP contribution in [0.2, 0.25) is 0 Å². The van der Waals surface area contributed by atoms with Gasteiger partial charge in [-0.15, -0.1) is 0 Å². The fraction of sp³-hybridized carbons (Fsp3) is 0.800. The SMILES string of the molecule is CC/C=C/CC1C(CCCCCCCC(=O)O)C=CC(CCC)C1CCCCCCCC=O. The molecule has 0 amide bonds. The van der Waals surface area contributed by atoms with Gasteiger partial charge in [0, 0.05) is 12.8 Å². The largest absolute Gasteiger partial charge is 0.481 e. The summed E-state index contributed by atoms with van der Waals surface area (Å²) in [6.07, 6.45) is 31.2. The molecule has 0 spiro atoms. The Balaban J connectivity index is 2.62. The molecule has 0 aromatic heterocycles. The summed E-state index contributed by atoms with van der Waals surface area (Å²) >= 11 is 0. The quantitative estimate of drug-likeness (QED) is 0.106. The zero-order chi connectivity index (χ0) is 24.2. The lowest BCUT2D eigenvalue weighted by atomic mass is 9.65. The Morgan fingerprint density at radius 2 is 1.36 bits per heavy atom. The molecule has 1 rings (SSSR count). The van der Waals surface area contributed by atoms with E-state index < -0.39 is 5.97 Å². The fourth-order valence-corrected chi connectivity index (χ4v) is 5.68. The number of carboxylic acid groups (broad SMARTS) is 1. The molecule has 0 bridgehead atoms. The summed E-state index contributed by atoms with van der Waals surface area (Å²) in [5.41, 5.74) is 0. The third-order valence-corrected chi connectivity index (χ3v) is 7.48. The Bertz CT molecular complexity index is 551. The van der Waals surface area contributed by atoms with Gasteiger partial charge in [-0.3, -0.25) is 4.79 Å². The van der Waals surface area contributed by atoms with Crippen molar-refractivity contribution in [3.05, 3.63) is 24.3 Å². The molecule has 3 nitrogen and oxygen atoms in total. The van der Waals surface area contributed by atoms with Crippen LogP contribution in [0.1, 0.15) is 129 Å². The molecular weight excluding hydrogens is 408 g/mol. The maximum atomic E-state index is 10.7. The second-order valence-corrected chi connectivity index (χ2v) is 10.2. The molecule has 33 heavy (non-hydrogen) atoms. The molecule has 3 heteroatoms. The second-order valence-electron chi connectivity index (χ2n) is 10.2. The average molecular weight is 461 g/mol. The molecule has 0 fully saturated rings. The van der Waals surface area contributed by atoms with Crippen LogP contribution in [-0.2, 0) is 9.59 Å². The molecule has 4 atom stereocenters.